The number of aromatic nitrogens is 2. The molecule has 0 amide bonds. The summed E-state index contributed by atoms with van der Waals surface area (Å²) in [5.41, 5.74) is 5.61. The van der Waals surface area contributed by atoms with Crippen LogP contribution in [-0.4, -0.2) is 37.2 Å². The quantitative estimate of drug-likeness (QED) is 0.863. The molecule has 0 radical (unpaired) electrons. The third-order valence-corrected chi connectivity index (χ3v) is 2.42. The molecule has 5 nitrogen and oxygen atoms in total. The maximum Gasteiger partial charge on any atom is 0.159 e. The molecular formula is C8H14BrN3O2. The minimum absolute atomic E-state index is 0.0543. The van der Waals surface area contributed by atoms with E-state index in [-0.39, 0.29) is 6.04 Å². The average molecular weight is 264 g/mol. The van der Waals surface area contributed by atoms with Crippen LogP contribution in [0.15, 0.2) is 10.7 Å². The summed E-state index contributed by atoms with van der Waals surface area (Å²) < 4.78 is 12.7. The van der Waals surface area contributed by atoms with Gasteiger partial charge in [0.15, 0.2) is 5.82 Å². The topological polar surface area (TPSA) is 62.3 Å². The van der Waals surface area contributed by atoms with Crippen molar-refractivity contribution < 1.29 is 9.47 Å². The van der Waals surface area contributed by atoms with Gasteiger partial charge in [0, 0.05) is 20.4 Å². The Labute approximate surface area is 91.3 Å². The Hall–Kier alpha value is -0.590. The lowest BCUT2D eigenvalue weighted by atomic mass is 10.3. The van der Waals surface area contributed by atoms with Crippen molar-refractivity contribution in [2.24, 2.45) is 0 Å². The van der Waals surface area contributed by atoms with E-state index >= 15 is 0 Å². The number of anilines is 1. The van der Waals surface area contributed by atoms with Crippen molar-refractivity contribution in [3.8, 4) is 0 Å². The van der Waals surface area contributed by atoms with Crippen LogP contribution < -0.4 is 5.73 Å². The lowest BCUT2D eigenvalue weighted by Crippen LogP contribution is -2.20. The maximum absolute atomic E-state index is 5.61. The Morgan fingerprint density at radius 3 is 2.43 bits per heavy atom. The van der Waals surface area contributed by atoms with Gasteiger partial charge < -0.3 is 15.2 Å². The lowest BCUT2D eigenvalue weighted by molar-refractivity contribution is 0.0840. The van der Waals surface area contributed by atoms with Gasteiger partial charge in [-0.2, -0.15) is 5.10 Å². The van der Waals surface area contributed by atoms with Gasteiger partial charge in [-0.25, -0.2) is 0 Å². The second-order valence-corrected chi connectivity index (χ2v) is 3.76. The van der Waals surface area contributed by atoms with Crippen LogP contribution in [-0.2, 0) is 9.47 Å². The van der Waals surface area contributed by atoms with Gasteiger partial charge in [-0.1, -0.05) is 0 Å². The zero-order chi connectivity index (χ0) is 10.6. The number of nitrogens with zero attached hydrogens (tertiary/aromatic N) is 2. The molecule has 0 saturated carbocycles. The van der Waals surface area contributed by atoms with E-state index in [4.69, 9.17) is 15.2 Å². The second-order valence-electron chi connectivity index (χ2n) is 2.91. The summed E-state index contributed by atoms with van der Waals surface area (Å²) in [6, 6.07) is 0.0543. The number of ether oxygens (including phenoxy) is 2. The largest absolute Gasteiger partial charge is 0.382 e. The Morgan fingerprint density at radius 1 is 1.50 bits per heavy atom. The van der Waals surface area contributed by atoms with Crippen molar-refractivity contribution in [3.63, 3.8) is 0 Å². The summed E-state index contributed by atoms with van der Waals surface area (Å²) in [4.78, 5) is 0. The standard InChI is InChI=1S/C8H14BrN3O2/c1-13-4-6(5-14-2)12-3-7(9)8(10)11-12/h3,6H,4-5H2,1-2H3,(H2,10,11). The molecule has 1 aromatic rings. The van der Waals surface area contributed by atoms with Crippen LogP contribution in [0.2, 0.25) is 0 Å². The molecule has 6 heteroatoms. The van der Waals surface area contributed by atoms with E-state index in [0.717, 1.165) is 4.47 Å². The molecule has 0 bridgehead atoms. The minimum Gasteiger partial charge on any atom is -0.382 e. The molecule has 0 saturated heterocycles. The SMILES string of the molecule is COCC(COC)n1cc(Br)c(N)n1. The van der Waals surface area contributed by atoms with E-state index in [1.807, 2.05) is 6.20 Å². The fourth-order valence-electron chi connectivity index (χ4n) is 1.16. The molecule has 0 unspecified atom stereocenters. The van der Waals surface area contributed by atoms with E-state index in [0.29, 0.717) is 19.0 Å². The van der Waals surface area contributed by atoms with Crippen LogP contribution in [0.4, 0.5) is 5.82 Å². The summed E-state index contributed by atoms with van der Waals surface area (Å²) in [6.07, 6.45) is 1.82. The third-order valence-electron chi connectivity index (χ3n) is 1.81. The Kier molecular flexibility index (Phi) is 4.37. The number of hydrogen-bond acceptors (Lipinski definition) is 4. The van der Waals surface area contributed by atoms with Gasteiger partial charge in [-0.3, -0.25) is 4.68 Å². The Balaban J connectivity index is 2.76. The molecule has 1 aromatic heterocycles. The van der Waals surface area contributed by atoms with E-state index < -0.39 is 0 Å². The second kappa shape index (κ2) is 5.33. The molecule has 1 heterocycles. The van der Waals surface area contributed by atoms with Crippen molar-refractivity contribution in [1.29, 1.82) is 0 Å². The number of nitrogen functional groups attached to an aromatic ring is 1. The molecule has 0 fully saturated rings. The third kappa shape index (κ3) is 2.70. The predicted molar refractivity (Wildman–Crippen MR) is 57.1 cm³/mol. The molecule has 0 atom stereocenters. The zero-order valence-corrected chi connectivity index (χ0v) is 9.82. The summed E-state index contributed by atoms with van der Waals surface area (Å²) in [5.74, 6) is 0.474. The van der Waals surface area contributed by atoms with Crippen LogP contribution >= 0.6 is 15.9 Å². The van der Waals surface area contributed by atoms with E-state index in [1.165, 1.54) is 0 Å². The van der Waals surface area contributed by atoms with Crippen LogP contribution in [0.1, 0.15) is 6.04 Å². The predicted octanol–water partition coefficient (Wildman–Crippen LogP) is 1.06. The number of halogens is 1. The summed E-state index contributed by atoms with van der Waals surface area (Å²) in [6.45, 7) is 1.09. The maximum atomic E-state index is 5.61. The van der Waals surface area contributed by atoms with Gasteiger partial charge in [0.2, 0.25) is 0 Å². The van der Waals surface area contributed by atoms with Gasteiger partial charge in [0.05, 0.1) is 23.7 Å². The van der Waals surface area contributed by atoms with Crippen LogP contribution in [0.3, 0.4) is 0 Å². The molecule has 0 aliphatic heterocycles. The molecule has 0 spiro atoms. The Bertz CT molecular complexity index is 265. The lowest BCUT2D eigenvalue weighted by Gasteiger charge is -2.15. The van der Waals surface area contributed by atoms with Crippen LogP contribution in [0, 0.1) is 0 Å². The number of rotatable bonds is 5. The summed E-state index contributed by atoms with van der Waals surface area (Å²) in [7, 11) is 3.29. The summed E-state index contributed by atoms with van der Waals surface area (Å²) in [5, 5.41) is 4.14. The van der Waals surface area contributed by atoms with Crippen LogP contribution in [0.25, 0.3) is 0 Å². The van der Waals surface area contributed by atoms with E-state index in [2.05, 4.69) is 21.0 Å². The molecule has 0 aliphatic carbocycles. The van der Waals surface area contributed by atoms with Crippen molar-refractivity contribution in [2.75, 3.05) is 33.2 Å². The molecule has 0 aromatic carbocycles. The highest BCUT2D eigenvalue weighted by molar-refractivity contribution is 9.10. The molecular weight excluding hydrogens is 250 g/mol. The molecule has 0 aliphatic rings. The number of methoxy groups -OCH3 is 2. The van der Waals surface area contributed by atoms with Crippen molar-refractivity contribution >= 4 is 21.7 Å². The first-order chi connectivity index (χ1) is 6.69. The first-order valence-electron chi connectivity index (χ1n) is 4.17. The van der Waals surface area contributed by atoms with Gasteiger partial charge in [0.25, 0.3) is 0 Å². The first kappa shape index (κ1) is 11.5. The van der Waals surface area contributed by atoms with Crippen molar-refractivity contribution in [3.05, 3.63) is 10.7 Å². The smallest absolute Gasteiger partial charge is 0.159 e. The fraction of sp³-hybridized carbons (Fsp3) is 0.625. The number of nitrogens with two attached hydrogens (primary N) is 1. The van der Waals surface area contributed by atoms with Crippen LogP contribution in [0.5, 0.6) is 0 Å². The van der Waals surface area contributed by atoms with Gasteiger partial charge in [-0.05, 0) is 15.9 Å². The Morgan fingerprint density at radius 2 is 2.07 bits per heavy atom. The number of hydrogen-bond donors (Lipinski definition) is 1. The highest BCUT2D eigenvalue weighted by atomic mass is 79.9. The van der Waals surface area contributed by atoms with Gasteiger partial charge in [0.1, 0.15) is 0 Å². The molecule has 2 N–H and O–H groups in total. The van der Waals surface area contributed by atoms with Crippen molar-refractivity contribution in [1.82, 2.24) is 9.78 Å². The first-order valence-corrected chi connectivity index (χ1v) is 4.96. The zero-order valence-electron chi connectivity index (χ0n) is 8.24. The molecule has 14 heavy (non-hydrogen) atoms. The summed E-state index contributed by atoms with van der Waals surface area (Å²) >= 11 is 3.30. The highest BCUT2D eigenvalue weighted by Gasteiger charge is 2.13. The van der Waals surface area contributed by atoms with E-state index in [9.17, 15) is 0 Å². The van der Waals surface area contributed by atoms with Crippen molar-refractivity contribution in [2.45, 2.75) is 6.04 Å². The highest BCUT2D eigenvalue weighted by Crippen LogP contribution is 2.19. The minimum atomic E-state index is 0.0543. The van der Waals surface area contributed by atoms with E-state index in [1.54, 1.807) is 18.9 Å². The monoisotopic (exact) mass is 263 g/mol. The average Bonchev–Trinajstić information content (AvgIpc) is 2.47. The molecule has 1 rings (SSSR count). The normalized spacial score (nSPS) is 11.1. The van der Waals surface area contributed by atoms with Gasteiger partial charge >= 0.3 is 0 Å². The molecule has 80 valence electrons. The fourth-order valence-corrected chi connectivity index (χ4v) is 1.45. The van der Waals surface area contributed by atoms with Gasteiger partial charge in [-0.15, -0.1) is 0 Å².